The van der Waals surface area contributed by atoms with Gasteiger partial charge in [-0.3, -0.25) is 9.59 Å². The minimum atomic E-state index is -0.512. The first-order chi connectivity index (χ1) is 16.2. The summed E-state index contributed by atoms with van der Waals surface area (Å²) in [5.74, 6) is -1.20. The molecule has 180 valence electrons. The Morgan fingerprint density at radius 2 is 1.85 bits per heavy atom. The molecule has 7 nitrogen and oxygen atoms in total. The van der Waals surface area contributed by atoms with Crippen LogP contribution < -0.4 is 0 Å². The van der Waals surface area contributed by atoms with Crippen molar-refractivity contribution in [1.29, 1.82) is 5.26 Å². The highest BCUT2D eigenvalue weighted by molar-refractivity contribution is 6.33. The average molecular weight is 487 g/mol. The summed E-state index contributed by atoms with van der Waals surface area (Å²) in [6.45, 7) is 7.69. The highest BCUT2D eigenvalue weighted by Gasteiger charge is 2.28. The van der Waals surface area contributed by atoms with Crippen molar-refractivity contribution < 1.29 is 18.7 Å². The molecule has 2 amide bonds. The minimum absolute atomic E-state index is 0.0426. The van der Waals surface area contributed by atoms with E-state index >= 15 is 0 Å². The lowest BCUT2D eigenvalue weighted by molar-refractivity contribution is -0.128. The van der Waals surface area contributed by atoms with Gasteiger partial charge in [-0.2, -0.15) is 5.26 Å². The largest absolute Gasteiger partial charge is 0.383 e. The quantitative estimate of drug-likeness (QED) is 0.456. The number of rotatable bonds is 6. The zero-order valence-electron chi connectivity index (χ0n) is 19.8. The number of carbonyl (C=O) groups is 2. The van der Waals surface area contributed by atoms with E-state index in [1.165, 1.54) is 12.1 Å². The lowest BCUT2D eigenvalue weighted by Crippen LogP contribution is -2.50. The van der Waals surface area contributed by atoms with Crippen LogP contribution in [-0.2, 0) is 9.53 Å². The van der Waals surface area contributed by atoms with Crippen molar-refractivity contribution in [3.05, 3.63) is 63.2 Å². The number of nitriles is 1. The van der Waals surface area contributed by atoms with Crippen LogP contribution in [0.15, 0.2) is 29.8 Å². The monoisotopic (exact) mass is 486 g/mol. The second-order valence-corrected chi connectivity index (χ2v) is 8.79. The van der Waals surface area contributed by atoms with Crippen LogP contribution in [0.4, 0.5) is 4.39 Å². The van der Waals surface area contributed by atoms with Gasteiger partial charge in [0.1, 0.15) is 17.5 Å². The van der Waals surface area contributed by atoms with Crippen LogP contribution in [0, 0.1) is 31.0 Å². The molecule has 0 aliphatic carbocycles. The van der Waals surface area contributed by atoms with E-state index in [-0.39, 0.29) is 47.1 Å². The fourth-order valence-corrected chi connectivity index (χ4v) is 4.60. The number of hydrogen-bond donors (Lipinski definition) is 0. The van der Waals surface area contributed by atoms with Gasteiger partial charge in [0.2, 0.25) is 0 Å². The van der Waals surface area contributed by atoms with Gasteiger partial charge in [0.05, 0.1) is 23.2 Å². The van der Waals surface area contributed by atoms with Crippen molar-refractivity contribution in [2.45, 2.75) is 26.8 Å². The molecular weight excluding hydrogens is 459 g/mol. The number of methoxy groups -OCH3 is 1. The number of hydrogen-bond acceptors (Lipinski definition) is 4. The first-order valence-corrected chi connectivity index (χ1v) is 11.4. The first kappa shape index (κ1) is 25.5. The molecule has 0 radical (unpaired) electrons. The fourth-order valence-electron chi connectivity index (χ4n) is 4.36. The van der Waals surface area contributed by atoms with Crippen LogP contribution in [-0.4, -0.2) is 66.1 Å². The van der Waals surface area contributed by atoms with Gasteiger partial charge < -0.3 is 19.1 Å². The van der Waals surface area contributed by atoms with Crippen molar-refractivity contribution in [3.8, 4) is 6.07 Å². The standard InChI is InChI=1S/C25H28ClFN4O3/c1-16-11-19(18(3)31(16)17(2)15-34-4)12-20(14-28)24(32)29-7-9-30(10-8-29)25(33)22-6-5-21(27)13-23(22)26/h5-6,11-13,17H,7-10,15H2,1-4H3/b20-12+. The molecule has 1 unspecified atom stereocenters. The van der Waals surface area contributed by atoms with Crippen molar-refractivity contribution in [1.82, 2.24) is 14.4 Å². The number of piperazine rings is 1. The third-order valence-corrected chi connectivity index (χ3v) is 6.35. The molecule has 34 heavy (non-hydrogen) atoms. The van der Waals surface area contributed by atoms with E-state index in [1.54, 1.807) is 23.0 Å². The average Bonchev–Trinajstić information content (AvgIpc) is 3.09. The van der Waals surface area contributed by atoms with E-state index in [0.717, 1.165) is 23.0 Å². The maximum absolute atomic E-state index is 13.3. The van der Waals surface area contributed by atoms with Gasteiger partial charge >= 0.3 is 0 Å². The molecule has 0 N–H and O–H groups in total. The van der Waals surface area contributed by atoms with Gasteiger partial charge in [-0.05, 0) is 56.7 Å². The molecule has 2 aromatic rings. The number of ether oxygens (including phenoxy) is 1. The van der Waals surface area contributed by atoms with E-state index in [9.17, 15) is 19.2 Å². The van der Waals surface area contributed by atoms with Crippen LogP contribution in [0.25, 0.3) is 6.08 Å². The SMILES string of the molecule is COCC(C)n1c(C)cc(/C=C(\C#N)C(=O)N2CCN(C(=O)c3ccc(F)cc3Cl)CC2)c1C. The molecule has 0 saturated carbocycles. The Labute approximate surface area is 204 Å². The predicted molar refractivity (Wildman–Crippen MR) is 128 cm³/mol. The second kappa shape index (κ2) is 10.9. The van der Waals surface area contributed by atoms with Gasteiger partial charge in [0.15, 0.2) is 0 Å². The van der Waals surface area contributed by atoms with Gasteiger partial charge in [0, 0.05) is 44.7 Å². The van der Waals surface area contributed by atoms with Gasteiger partial charge in [-0.25, -0.2) is 4.39 Å². The summed E-state index contributed by atoms with van der Waals surface area (Å²) in [6, 6.07) is 7.76. The smallest absolute Gasteiger partial charge is 0.264 e. The summed E-state index contributed by atoms with van der Waals surface area (Å²) in [5, 5.41) is 9.74. The van der Waals surface area contributed by atoms with Crippen molar-refractivity contribution in [3.63, 3.8) is 0 Å². The summed E-state index contributed by atoms with van der Waals surface area (Å²) in [6.07, 6.45) is 1.62. The maximum atomic E-state index is 13.3. The molecule has 0 spiro atoms. The van der Waals surface area contributed by atoms with Gasteiger partial charge in [-0.1, -0.05) is 11.6 Å². The number of amides is 2. The zero-order chi connectivity index (χ0) is 25.0. The lowest BCUT2D eigenvalue weighted by Gasteiger charge is -2.34. The maximum Gasteiger partial charge on any atom is 0.264 e. The summed E-state index contributed by atoms with van der Waals surface area (Å²) in [4.78, 5) is 28.9. The molecule has 1 aromatic heterocycles. The van der Waals surface area contributed by atoms with Crippen LogP contribution in [0.3, 0.4) is 0 Å². The molecular formula is C25H28ClFN4O3. The highest BCUT2D eigenvalue weighted by Crippen LogP contribution is 2.24. The second-order valence-electron chi connectivity index (χ2n) is 8.38. The molecule has 9 heteroatoms. The Kier molecular flexibility index (Phi) is 8.13. The van der Waals surface area contributed by atoms with Crippen LogP contribution in [0.1, 0.15) is 40.3 Å². The summed E-state index contributed by atoms with van der Waals surface area (Å²) in [7, 11) is 1.65. The number of benzene rings is 1. The molecule has 0 bridgehead atoms. The predicted octanol–water partition coefficient (Wildman–Crippen LogP) is 4.00. The van der Waals surface area contributed by atoms with E-state index in [2.05, 4.69) is 4.57 Å². The summed E-state index contributed by atoms with van der Waals surface area (Å²) < 4.78 is 20.7. The number of aromatic nitrogens is 1. The zero-order valence-corrected chi connectivity index (χ0v) is 20.5. The van der Waals surface area contributed by atoms with Crippen molar-refractivity contribution in [2.75, 3.05) is 39.9 Å². The summed E-state index contributed by atoms with van der Waals surface area (Å²) >= 11 is 6.02. The Morgan fingerprint density at radius 3 is 2.44 bits per heavy atom. The van der Waals surface area contributed by atoms with Gasteiger partial charge in [-0.15, -0.1) is 0 Å². The lowest BCUT2D eigenvalue weighted by atomic mass is 10.1. The third kappa shape index (κ3) is 5.32. The normalized spacial score (nSPS) is 15.3. The molecule has 1 aliphatic heterocycles. The molecule has 1 aliphatic rings. The molecule has 1 saturated heterocycles. The fraction of sp³-hybridized carbons (Fsp3) is 0.400. The Morgan fingerprint density at radius 1 is 1.21 bits per heavy atom. The van der Waals surface area contributed by atoms with E-state index < -0.39 is 5.82 Å². The number of nitrogens with zero attached hydrogens (tertiary/aromatic N) is 4. The first-order valence-electron chi connectivity index (χ1n) is 11.0. The van der Waals surface area contributed by atoms with E-state index in [4.69, 9.17) is 16.3 Å². The molecule has 3 rings (SSSR count). The Bertz CT molecular complexity index is 1160. The number of carbonyl (C=O) groups excluding carboxylic acids is 2. The molecule has 1 atom stereocenters. The molecule has 1 aromatic carbocycles. The third-order valence-electron chi connectivity index (χ3n) is 6.04. The van der Waals surface area contributed by atoms with E-state index in [0.29, 0.717) is 19.7 Å². The van der Waals surface area contributed by atoms with Crippen LogP contribution >= 0.6 is 11.6 Å². The van der Waals surface area contributed by atoms with Gasteiger partial charge in [0.25, 0.3) is 11.8 Å². The van der Waals surface area contributed by atoms with Crippen LogP contribution in [0.2, 0.25) is 5.02 Å². The van der Waals surface area contributed by atoms with Crippen LogP contribution in [0.5, 0.6) is 0 Å². The van der Waals surface area contributed by atoms with Crippen molar-refractivity contribution >= 4 is 29.5 Å². The molecule has 1 fully saturated rings. The number of aryl methyl sites for hydroxylation is 1. The number of halogens is 2. The minimum Gasteiger partial charge on any atom is -0.383 e. The molecule has 2 heterocycles. The Hall–Kier alpha value is -3.15. The van der Waals surface area contributed by atoms with Crippen molar-refractivity contribution in [2.24, 2.45) is 0 Å². The summed E-state index contributed by atoms with van der Waals surface area (Å²) in [5.41, 5.74) is 3.04. The highest BCUT2D eigenvalue weighted by atomic mass is 35.5. The van der Waals surface area contributed by atoms with E-state index in [1.807, 2.05) is 32.9 Å². The Balaban J connectivity index is 1.71. The topological polar surface area (TPSA) is 78.6 Å².